The van der Waals surface area contributed by atoms with Crippen LogP contribution in [0.15, 0.2) is 24.3 Å². The predicted octanol–water partition coefficient (Wildman–Crippen LogP) is 2.07. The van der Waals surface area contributed by atoms with Crippen LogP contribution in [0, 0.1) is 0 Å². The number of halogens is 1. The van der Waals surface area contributed by atoms with Crippen LogP contribution in [0.2, 0.25) is 5.02 Å². The molecule has 10 heteroatoms. The molecule has 1 aliphatic heterocycles. The molecule has 0 saturated carbocycles. The standard InChI is InChI=1S/C21H27ClN4O5/c1-23-11-16(27)12-31-17-8-13(7-14(22)9-17)20-24-18(21(28)29)10-19(25-20)26(2)15-3-5-30-6-4-15/h7-10,15-16,23,27H,3-6,11-12H2,1-2H3,(H,28,29). The number of aliphatic hydroxyl groups is 1. The molecule has 2 heterocycles. The van der Waals surface area contributed by atoms with Crippen molar-refractivity contribution in [1.82, 2.24) is 15.3 Å². The van der Waals surface area contributed by atoms with E-state index in [-0.39, 0.29) is 24.2 Å². The first-order valence-electron chi connectivity index (χ1n) is 10.1. The number of carbonyl (C=O) groups is 1. The number of anilines is 1. The van der Waals surface area contributed by atoms with Gasteiger partial charge in [0.2, 0.25) is 0 Å². The Bertz CT molecular complexity index is 907. The van der Waals surface area contributed by atoms with Gasteiger partial charge in [-0.1, -0.05) is 11.6 Å². The molecular formula is C21H27ClN4O5. The van der Waals surface area contributed by atoms with Gasteiger partial charge in [0.05, 0.1) is 0 Å². The number of rotatable bonds is 9. The minimum Gasteiger partial charge on any atom is -0.491 e. The van der Waals surface area contributed by atoms with Gasteiger partial charge in [0.1, 0.15) is 24.3 Å². The maximum absolute atomic E-state index is 11.7. The van der Waals surface area contributed by atoms with E-state index in [0.717, 1.165) is 12.8 Å². The Hall–Kier alpha value is -2.46. The van der Waals surface area contributed by atoms with Crippen molar-refractivity contribution in [2.24, 2.45) is 0 Å². The van der Waals surface area contributed by atoms with E-state index in [4.69, 9.17) is 21.1 Å². The van der Waals surface area contributed by atoms with Gasteiger partial charge in [-0.2, -0.15) is 0 Å². The van der Waals surface area contributed by atoms with Crippen LogP contribution in [0.4, 0.5) is 5.82 Å². The molecule has 0 amide bonds. The number of aromatic nitrogens is 2. The number of likely N-dealkylation sites (N-methyl/N-ethyl adjacent to an activating group) is 1. The van der Waals surface area contributed by atoms with Gasteiger partial charge in [-0.25, -0.2) is 14.8 Å². The molecule has 1 aliphatic rings. The highest BCUT2D eigenvalue weighted by Gasteiger charge is 2.22. The molecule has 1 aromatic carbocycles. The van der Waals surface area contributed by atoms with Crippen LogP contribution in [0.5, 0.6) is 5.75 Å². The summed E-state index contributed by atoms with van der Waals surface area (Å²) in [7, 11) is 3.63. The number of aliphatic hydroxyl groups excluding tert-OH is 1. The zero-order chi connectivity index (χ0) is 22.4. The van der Waals surface area contributed by atoms with E-state index in [9.17, 15) is 15.0 Å². The van der Waals surface area contributed by atoms with Crippen molar-refractivity contribution in [3.05, 3.63) is 35.0 Å². The molecular weight excluding hydrogens is 424 g/mol. The molecule has 0 bridgehead atoms. The van der Waals surface area contributed by atoms with Gasteiger partial charge in [0.25, 0.3) is 0 Å². The van der Waals surface area contributed by atoms with Crippen LogP contribution in [-0.4, -0.2) is 78.8 Å². The number of ether oxygens (including phenoxy) is 2. The van der Waals surface area contributed by atoms with E-state index >= 15 is 0 Å². The van der Waals surface area contributed by atoms with E-state index in [0.29, 0.717) is 41.9 Å². The minimum atomic E-state index is -1.14. The molecule has 1 aromatic heterocycles. The van der Waals surface area contributed by atoms with Crippen LogP contribution in [-0.2, 0) is 4.74 Å². The summed E-state index contributed by atoms with van der Waals surface area (Å²) in [5.41, 5.74) is 0.418. The van der Waals surface area contributed by atoms with Gasteiger partial charge in [-0.05, 0) is 38.1 Å². The first kappa shape index (κ1) is 23.2. The van der Waals surface area contributed by atoms with E-state index < -0.39 is 12.1 Å². The second-order valence-electron chi connectivity index (χ2n) is 7.39. The SMILES string of the molecule is CNCC(O)COc1cc(Cl)cc(-c2nc(C(=O)O)cc(N(C)C3CCOCC3)n2)c1. The molecule has 1 saturated heterocycles. The summed E-state index contributed by atoms with van der Waals surface area (Å²) in [5, 5.41) is 22.7. The van der Waals surface area contributed by atoms with Crippen LogP contribution >= 0.6 is 11.6 Å². The summed E-state index contributed by atoms with van der Waals surface area (Å²) >= 11 is 6.25. The van der Waals surface area contributed by atoms with Crippen molar-refractivity contribution < 1.29 is 24.5 Å². The summed E-state index contributed by atoms with van der Waals surface area (Å²) in [6, 6.07) is 6.62. The smallest absolute Gasteiger partial charge is 0.354 e. The van der Waals surface area contributed by atoms with Gasteiger partial charge in [-0.15, -0.1) is 0 Å². The Labute approximate surface area is 186 Å². The van der Waals surface area contributed by atoms with E-state index in [1.807, 2.05) is 11.9 Å². The number of carboxylic acid groups (broad SMARTS) is 1. The van der Waals surface area contributed by atoms with Gasteiger partial charge in [-0.3, -0.25) is 0 Å². The molecule has 0 radical (unpaired) electrons. The Balaban J connectivity index is 1.92. The molecule has 0 aliphatic carbocycles. The van der Waals surface area contributed by atoms with Crippen LogP contribution in [0.3, 0.4) is 0 Å². The molecule has 2 aromatic rings. The van der Waals surface area contributed by atoms with Gasteiger partial charge in [0.15, 0.2) is 11.5 Å². The maximum atomic E-state index is 11.7. The molecule has 168 valence electrons. The molecule has 31 heavy (non-hydrogen) atoms. The average molecular weight is 451 g/mol. The zero-order valence-corrected chi connectivity index (χ0v) is 18.3. The van der Waals surface area contributed by atoms with Gasteiger partial charge in [0, 0.05) is 49.5 Å². The molecule has 3 N–H and O–H groups in total. The fourth-order valence-electron chi connectivity index (χ4n) is 3.38. The highest BCUT2D eigenvalue weighted by Crippen LogP contribution is 2.29. The van der Waals surface area contributed by atoms with Crippen molar-refractivity contribution in [3.63, 3.8) is 0 Å². The monoisotopic (exact) mass is 450 g/mol. The predicted molar refractivity (Wildman–Crippen MR) is 117 cm³/mol. The van der Waals surface area contributed by atoms with Crippen molar-refractivity contribution in [2.75, 3.05) is 45.4 Å². The van der Waals surface area contributed by atoms with Crippen molar-refractivity contribution in [3.8, 4) is 17.1 Å². The number of nitrogens with zero attached hydrogens (tertiary/aromatic N) is 3. The second-order valence-corrected chi connectivity index (χ2v) is 7.83. The first-order valence-corrected chi connectivity index (χ1v) is 10.4. The van der Waals surface area contributed by atoms with E-state index in [2.05, 4.69) is 15.3 Å². The minimum absolute atomic E-state index is 0.0778. The number of aromatic carboxylic acids is 1. The van der Waals surface area contributed by atoms with E-state index in [1.54, 1.807) is 25.2 Å². The topological polar surface area (TPSA) is 117 Å². The normalized spacial score (nSPS) is 15.5. The summed E-state index contributed by atoms with van der Waals surface area (Å²) in [5.74, 6) is 0.0402. The lowest BCUT2D eigenvalue weighted by atomic mass is 10.1. The van der Waals surface area contributed by atoms with Crippen molar-refractivity contribution in [1.29, 1.82) is 0 Å². The van der Waals surface area contributed by atoms with Crippen LogP contribution in [0.25, 0.3) is 11.4 Å². The molecule has 0 spiro atoms. The fourth-order valence-corrected chi connectivity index (χ4v) is 3.60. The lowest BCUT2D eigenvalue weighted by molar-refractivity contribution is 0.0690. The Morgan fingerprint density at radius 2 is 2.06 bits per heavy atom. The summed E-state index contributed by atoms with van der Waals surface area (Å²) in [6.07, 6.45) is 0.990. The third-order valence-corrected chi connectivity index (χ3v) is 5.26. The molecule has 1 fully saturated rings. The molecule has 9 nitrogen and oxygen atoms in total. The number of nitrogens with one attached hydrogen (secondary N) is 1. The number of benzene rings is 1. The maximum Gasteiger partial charge on any atom is 0.354 e. The third kappa shape index (κ3) is 6.27. The Morgan fingerprint density at radius 1 is 1.32 bits per heavy atom. The fraction of sp³-hybridized carbons (Fsp3) is 0.476. The summed E-state index contributed by atoms with van der Waals surface area (Å²) < 4.78 is 11.1. The Morgan fingerprint density at radius 3 is 2.74 bits per heavy atom. The summed E-state index contributed by atoms with van der Waals surface area (Å²) in [6.45, 7) is 1.79. The largest absolute Gasteiger partial charge is 0.491 e. The van der Waals surface area contributed by atoms with E-state index in [1.165, 1.54) is 6.07 Å². The van der Waals surface area contributed by atoms with Crippen molar-refractivity contribution >= 4 is 23.4 Å². The summed E-state index contributed by atoms with van der Waals surface area (Å²) in [4.78, 5) is 22.5. The molecule has 1 atom stereocenters. The van der Waals surface area contributed by atoms with Gasteiger partial charge >= 0.3 is 5.97 Å². The zero-order valence-electron chi connectivity index (χ0n) is 17.5. The molecule has 3 rings (SSSR count). The first-order chi connectivity index (χ1) is 14.9. The third-order valence-electron chi connectivity index (χ3n) is 5.04. The Kier molecular flexibility index (Phi) is 8.03. The highest BCUT2D eigenvalue weighted by molar-refractivity contribution is 6.31. The molecule has 1 unspecified atom stereocenters. The number of carboxylic acids is 1. The number of hydrogen-bond acceptors (Lipinski definition) is 8. The lowest BCUT2D eigenvalue weighted by Gasteiger charge is -2.32. The van der Waals surface area contributed by atoms with Crippen molar-refractivity contribution in [2.45, 2.75) is 25.0 Å². The van der Waals surface area contributed by atoms with Gasteiger partial charge < -0.3 is 29.9 Å². The highest BCUT2D eigenvalue weighted by atomic mass is 35.5. The van der Waals surface area contributed by atoms with Crippen LogP contribution < -0.4 is 15.0 Å². The second kappa shape index (κ2) is 10.7. The average Bonchev–Trinajstić information content (AvgIpc) is 2.77. The number of hydrogen-bond donors (Lipinski definition) is 3. The van der Waals surface area contributed by atoms with Crippen LogP contribution in [0.1, 0.15) is 23.3 Å². The quantitative estimate of drug-likeness (QED) is 0.527. The lowest BCUT2D eigenvalue weighted by Crippen LogP contribution is -2.37.